The molecule has 1 unspecified atom stereocenters. The molecule has 1 atom stereocenters. The lowest BCUT2D eigenvalue weighted by Gasteiger charge is -2.23. The van der Waals surface area contributed by atoms with E-state index >= 15 is 0 Å². The van der Waals surface area contributed by atoms with Crippen LogP contribution < -0.4 is 10.6 Å². The first-order valence-electron chi connectivity index (χ1n) is 9.34. The Balaban J connectivity index is 1.91. The SMILES string of the molecule is O=C(N/C(=C\Nc1ncccc1[N+](=O)[O-])C(=O)N1CCCC1C(=O)O)c1ccccc1. The van der Waals surface area contributed by atoms with Gasteiger partial charge in [0.1, 0.15) is 11.7 Å². The van der Waals surface area contributed by atoms with E-state index < -0.39 is 28.7 Å². The highest BCUT2D eigenvalue weighted by molar-refractivity contribution is 6.04. The second-order valence-corrected chi connectivity index (χ2v) is 6.65. The van der Waals surface area contributed by atoms with Gasteiger partial charge in [0.05, 0.1) is 4.92 Å². The summed E-state index contributed by atoms with van der Waals surface area (Å²) >= 11 is 0. The molecule has 1 aliphatic heterocycles. The van der Waals surface area contributed by atoms with Gasteiger partial charge in [0.2, 0.25) is 5.82 Å². The van der Waals surface area contributed by atoms with Gasteiger partial charge in [-0.15, -0.1) is 0 Å². The number of hydrogen-bond acceptors (Lipinski definition) is 7. The summed E-state index contributed by atoms with van der Waals surface area (Å²) in [6.07, 6.45) is 3.20. The zero-order valence-electron chi connectivity index (χ0n) is 16.2. The van der Waals surface area contributed by atoms with Gasteiger partial charge in [0.25, 0.3) is 11.8 Å². The lowest BCUT2D eigenvalue weighted by atomic mass is 10.2. The summed E-state index contributed by atoms with van der Waals surface area (Å²) < 4.78 is 0. The molecule has 0 spiro atoms. The Bertz CT molecular complexity index is 1040. The van der Waals surface area contributed by atoms with Crippen molar-refractivity contribution in [3.63, 3.8) is 0 Å². The summed E-state index contributed by atoms with van der Waals surface area (Å²) in [6, 6.07) is 9.71. The molecule has 11 nitrogen and oxygen atoms in total. The predicted molar refractivity (Wildman–Crippen MR) is 109 cm³/mol. The van der Waals surface area contributed by atoms with Crippen LogP contribution in [0.4, 0.5) is 11.5 Å². The molecule has 2 aromatic rings. The van der Waals surface area contributed by atoms with E-state index in [1.807, 2.05) is 0 Å². The number of likely N-dealkylation sites (tertiary alicyclic amines) is 1. The van der Waals surface area contributed by atoms with E-state index in [1.54, 1.807) is 30.3 Å². The Morgan fingerprint density at radius 3 is 2.61 bits per heavy atom. The summed E-state index contributed by atoms with van der Waals surface area (Å²) in [5.41, 5.74) is -0.312. The maximum absolute atomic E-state index is 13.1. The standard InChI is InChI=1S/C20H19N5O6/c26-18(13-6-2-1-3-7-13)23-14(19(27)24-11-5-9-16(24)20(28)29)12-22-17-15(25(30)31)8-4-10-21-17/h1-4,6-8,10,12,16H,5,9,11H2,(H,21,22)(H,23,26)(H,28,29)/b14-12-. The van der Waals surface area contributed by atoms with E-state index in [2.05, 4.69) is 15.6 Å². The highest BCUT2D eigenvalue weighted by atomic mass is 16.6. The molecule has 1 aromatic carbocycles. The molecule has 1 fully saturated rings. The molecule has 0 aliphatic carbocycles. The normalized spacial score (nSPS) is 15.9. The van der Waals surface area contributed by atoms with Gasteiger partial charge < -0.3 is 20.6 Å². The topological polar surface area (TPSA) is 155 Å². The number of carboxylic acid groups (broad SMARTS) is 1. The number of aromatic nitrogens is 1. The van der Waals surface area contributed by atoms with Crippen molar-refractivity contribution in [3.8, 4) is 0 Å². The van der Waals surface area contributed by atoms with Crippen LogP contribution in [0.1, 0.15) is 23.2 Å². The van der Waals surface area contributed by atoms with Gasteiger partial charge in [-0.3, -0.25) is 19.7 Å². The van der Waals surface area contributed by atoms with Gasteiger partial charge in [-0.05, 0) is 31.0 Å². The van der Waals surface area contributed by atoms with Crippen molar-refractivity contribution in [1.29, 1.82) is 0 Å². The van der Waals surface area contributed by atoms with Gasteiger partial charge in [-0.25, -0.2) is 9.78 Å². The van der Waals surface area contributed by atoms with Crippen molar-refractivity contribution in [2.75, 3.05) is 11.9 Å². The maximum Gasteiger partial charge on any atom is 0.326 e. The van der Waals surface area contributed by atoms with Gasteiger partial charge in [0.15, 0.2) is 0 Å². The molecule has 0 saturated carbocycles. The first-order chi connectivity index (χ1) is 14.9. The highest BCUT2D eigenvalue weighted by Gasteiger charge is 2.35. The smallest absolute Gasteiger partial charge is 0.326 e. The maximum atomic E-state index is 13.1. The monoisotopic (exact) mass is 425 g/mol. The molecule has 160 valence electrons. The minimum atomic E-state index is -1.15. The zero-order valence-corrected chi connectivity index (χ0v) is 16.2. The molecular formula is C20H19N5O6. The molecule has 2 amide bonds. The van der Waals surface area contributed by atoms with Crippen molar-refractivity contribution in [2.45, 2.75) is 18.9 Å². The van der Waals surface area contributed by atoms with Crippen molar-refractivity contribution >= 4 is 29.3 Å². The molecule has 31 heavy (non-hydrogen) atoms. The first-order valence-corrected chi connectivity index (χ1v) is 9.34. The van der Waals surface area contributed by atoms with E-state index in [-0.39, 0.29) is 29.3 Å². The van der Waals surface area contributed by atoms with Gasteiger partial charge in [-0.2, -0.15) is 0 Å². The molecule has 11 heteroatoms. The number of pyridine rings is 1. The van der Waals surface area contributed by atoms with E-state index in [9.17, 15) is 29.6 Å². The van der Waals surface area contributed by atoms with Crippen molar-refractivity contribution in [1.82, 2.24) is 15.2 Å². The third kappa shape index (κ3) is 5.01. The van der Waals surface area contributed by atoms with Crippen molar-refractivity contribution < 1.29 is 24.4 Å². The fourth-order valence-electron chi connectivity index (χ4n) is 3.15. The number of nitrogens with one attached hydrogen (secondary N) is 2. The quantitative estimate of drug-likeness (QED) is 0.344. The second kappa shape index (κ2) is 9.48. The van der Waals surface area contributed by atoms with Gasteiger partial charge in [-0.1, -0.05) is 18.2 Å². The van der Waals surface area contributed by atoms with Gasteiger partial charge in [0, 0.05) is 30.6 Å². The molecule has 0 bridgehead atoms. The fraction of sp³-hybridized carbons (Fsp3) is 0.200. The molecule has 0 radical (unpaired) electrons. The number of nitro groups is 1. The van der Waals surface area contributed by atoms with Crippen LogP contribution in [-0.2, 0) is 9.59 Å². The lowest BCUT2D eigenvalue weighted by molar-refractivity contribution is -0.384. The van der Waals surface area contributed by atoms with E-state index in [0.29, 0.717) is 12.8 Å². The second-order valence-electron chi connectivity index (χ2n) is 6.65. The number of carboxylic acids is 1. The number of rotatable bonds is 7. The summed E-state index contributed by atoms with van der Waals surface area (Å²) in [5, 5.41) is 25.6. The molecule has 3 N–H and O–H groups in total. The molecular weight excluding hydrogens is 406 g/mol. The Morgan fingerprint density at radius 1 is 1.19 bits per heavy atom. The van der Waals surface area contributed by atoms with E-state index in [4.69, 9.17) is 0 Å². The van der Waals surface area contributed by atoms with E-state index in [0.717, 1.165) is 11.1 Å². The average molecular weight is 425 g/mol. The minimum absolute atomic E-state index is 0.136. The third-order valence-corrected chi connectivity index (χ3v) is 4.65. The van der Waals surface area contributed by atoms with E-state index in [1.165, 1.54) is 18.3 Å². The summed E-state index contributed by atoms with van der Waals surface area (Å²) in [4.78, 5) is 52.7. The number of amides is 2. The van der Waals surface area contributed by atoms with Crippen LogP contribution >= 0.6 is 0 Å². The van der Waals surface area contributed by atoms with Gasteiger partial charge >= 0.3 is 11.7 Å². The molecule has 3 rings (SSSR count). The third-order valence-electron chi connectivity index (χ3n) is 4.65. The highest BCUT2D eigenvalue weighted by Crippen LogP contribution is 2.22. The van der Waals surface area contributed by atoms with Crippen LogP contribution in [0.5, 0.6) is 0 Å². The number of anilines is 1. The molecule has 1 aliphatic rings. The van der Waals surface area contributed by atoms with Crippen molar-refractivity contribution in [2.24, 2.45) is 0 Å². The Hall–Kier alpha value is -4.28. The number of nitrogens with zero attached hydrogens (tertiary/aromatic N) is 3. The number of benzene rings is 1. The molecule has 1 aromatic heterocycles. The van der Waals surface area contributed by atoms with Crippen LogP contribution in [0, 0.1) is 10.1 Å². The van der Waals surface area contributed by atoms with Crippen LogP contribution in [-0.4, -0.2) is 50.3 Å². The predicted octanol–water partition coefficient (Wildman–Crippen LogP) is 1.75. The molecule has 1 saturated heterocycles. The molecule has 2 heterocycles. The number of aliphatic carboxylic acids is 1. The zero-order chi connectivity index (χ0) is 22.4. The Morgan fingerprint density at radius 2 is 1.94 bits per heavy atom. The number of carbonyl (C=O) groups excluding carboxylic acids is 2. The van der Waals surface area contributed by atoms with Crippen molar-refractivity contribution in [3.05, 3.63) is 76.2 Å². The van der Waals surface area contributed by atoms with Crippen LogP contribution in [0.25, 0.3) is 0 Å². The van der Waals surface area contributed by atoms with Crippen LogP contribution in [0.3, 0.4) is 0 Å². The number of hydrogen-bond donors (Lipinski definition) is 3. The lowest BCUT2D eigenvalue weighted by Crippen LogP contribution is -2.44. The Kier molecular flexibility index (Phi) is 6.55. The van der Waals surface area contributed by atoms with Crippen LogP contribution in [0.15, 0.2) is 60.6 Å². The van der Waals surface area contributed by atoms with Crippen LogP contribution in [0.2, 0.25) is 0 Å². The summed E-state index contributed by atoms with van der Waals surface area (Å²) in [7, 11) is 0. The number of carbonyl (C=O) groups is 3. The fourth-order valence-corrected chi connectivity index (χ4v) is 3.15. The minimum Gasteiger partial charge on any atom is -0.480 e. The largest absolute Gasteiger partial charge is 0.480 e. The first kappa shape index (κ1) is 21.4. The summed E-state index contributed by atoms with van der Waals surface area (Å²) in [5.74, 6) is -2.60. The average Bonchev–Trinajstić information content (AvgIpc) is 3.27. The Labute approximate surface area is 176 Å². The summed E-state index contributed by atoms with van der Waals surface area (Å²) in [6.45, 7) is 0.206.